The van der Waals surface area contributed by atoms with Crippen LogP contribution in [0.2, 0.25) is 0 Å². The average Bonchev–Trinajstić information content (AvgIpc) is 3.02. The predicted molar refractivity (Wildman–Crippen MR) is 94.7 cm³/mol. The molecule has 0 fully saturated rings. The third-order valence-electron chi connectivity index (χ3n) is 3.74. The van der Waals surface area contributed by atoms with Gasteiger partial charge in [0.2, 0.25) is 0 Å². The third-order valence-corrected chi connectivity index (χ3v) is 4.68. The van der Waals surface area contributed by atoms with E-state index in [0.29, 0.717) is 23.7 Å². The van der Waals surface area contributed by atoms with Crippen molar-refractivity contribution in [1.82, 2.24) is 9.88 Å². The largest absolute Gasteiger partial charge is 0.465 e. The molecule has 0 atom stereocenters. The number of carbonyl (C=O) groups excluding carboxylic acids is 1. The number of benzene rings is 1. The van der Waals surface area contributed by atoms with E-state index in [2.05, 4.69) is 4.98 Å². The summed E-state index contributed by atoms with van der Waals surface area (Å²) >= 11 is 1.36. The van der Waals surface area contributed by atoms with Crippen LogP contribution in [-0.4, -0.2) is 35.0 Å². The van der Waals surface area contributed by atoms with E-state index in [1.807, 2.05) is 24.1 Å². The molecule has 1 aromatic heterocycles. The summed E-state index contributed by atoms with van der Waals surface area (Å²) in [6, 6.07) is 5.07. The molecule has 0 spiro atoms. The molecule has 0 saturated heterocycles. The van der Waals surface area contributed by atoms with Crippen molar-refractivity contribution in [3.63, 3.8) is 0 Å². The van der Waals surface area contributed by atoms with Crippen molar-refractivity contribution >= 4 is 17.3 Å². The molecule has 0 bridgehead atoms. The molecule has 0 unspecified atom stereocenters. The molecule has 26 heavy (non-hydrogen) atoms. The van der Waals surface area contributed by atoms with Crippen LogP contribution in [0.1, 0.15) is 32.0 Å². The number of hydrogen-bond acceptors (Lipinski definition) is 5. The number of alkyl halides is 3. The van der Waals surface area contributed by atoms with Crippen LogP contribution < -0.4 is 0 Å². The van der Waals surface area contributed by atoms with E-state index in [0.717, 1.165) is 17.8 Å². The highest BCUT2D eigenvalue weighted by atomic mass is 32.1. The smallest absolute Gasteiger partial charge is 0.416 e. The van der Waals surface area contributed by atoms with Gasteiger partial charge in [-0.05, 0) is 32.9 Å². The third kappa shape index (κ3) is 5.54. The van der Waals surface area contributed by atoms with Crippen molar-refractivity contribution in [2.24, 2.45) is 0 Å². The molecule has 8 heteroatoms. The zero-order chi connectivity index (χ0) is 19.3. The van der Waals surface area contributed by atoms with E-state index in [9.17, 15) is 18.0 Å². The van der Waals surface area contributed by atoms with Gasteiger partial charge in [-0.1, -0.05) is 12.1 Å². The van der Waals surface area contributed by atoms with Crippen molar-refractivity contribution in [3.05, 3.63) is 40.9 Å². The lowest BCUT2D eigenvalue weighted by Gasteiger charge is -2.24. The van der Waals surface area contributed by atoms with Crippen molar-refractivity contribution in [3.8, 4) is 10.6 Å². The average molecular weight is 386 g/mol. The van der Waals surface area contributed by atoms with Crippen LogP contribution in [0.5, 0.6) is 0 Å². The van der Waals surface area contributed by atoms with Crippen LogP contribution in [0.3, 0.4) is 0 Å². The monoisotopic (exact) mass is 386 g/mol. The standard InChI is InChI=1S/C18H21F3N2O2S/c1-4-25-16(24)10-23(12(2)3)9-15-11-26-17(22-15)13-5-7-14(8-6-13)18(19,20)21/h5-8,11-12H,4,9-10H2,1-3H3. The first-order chi connectivity index (χ1) is 12.2. The Morgan fingerprint density at radius 3 is 2.46 bits per heavy atom. The SMILES string of the molecule is CCOC(=O)CN(Cc1csc(-c2ccc(C(F)(F)F)cc2)n1)C(C)C. The molecule has 1 aromatic carbocycles. The van der Waals surface area contributed by atoms with Crippen molar-refractivity contribution in [1.29, 1.82) is 0 Å². The van der Waals surface area contributed by atoms with Crippen LogP contribution in [0, 0.1) is 0 Å². The second-order valence-corrected chi connectivity index (χ2v) is 6.88. The van der Waals surface area contributed by atoms with Crippen LogP contribution in [0.15, 0.2) is 29.6 Å². The number of esters is 1. The van der Waals surface area contributed by atoms with E-state index in [-0.39, 0.29) is 18.6 Å². The number of thiazole rings is 1. The highest BCUT2D eigenvalue weighted by molar-refractivity contribution is 7.13. The molecule has 1 heterocycles. The quantitative estimate of drug-likeness (QED) is 0.652. The van der Waals surface area contributed by atoms with Crippen LogP contribution in [0.25, 0.3) is 10.6 Å². The molecule has 0 radical (unpaired) electrons. The Morgan fingerprint density at radius 2 is 1.92 bits per heavy atom. The van der Waals surface area contributed by atoms with Crippen LogP contribution in [0.4, 0.5) is 13.2 Å². The maximum atomic E-state index is 12.6. The van der Waals surface area contributed by atoms with Crippen LogP contribution in [-0.2, 0) is 22.3 Å². The minimum Gasteiger partial charge on any atom is -0.465 e. The summed E-state index contributed by atoms with van der Waals surface area (Å²) in [6.45, 7) is 6.67. The molecule has 0 aliphatic heterocycles. The normalized spacial score (nSPS) is 12.0. The molecule has 0 aliphatic carbocycles. The van der Waals surface area contributed by atoms with Crippen molar-refractivity contribution < 1.29 is 22.7 Å². The van der Waals surface area contributed by atoms with Crippen LogP contribution >= 0.6 is 11.3 Å². The molecule has 142 valence electrons. The lowest BCUT2D eigenvalue weighted by Crippen LogP contribution is -2.36. The Hall–Kier alpha value is -1.93. The van der Waals surface area contributed by atoms with E-state index in [1.165, 1.54) is 23.5 Å². The Kier molecular flexibility index (Phi) is 6.77. The summed E-state index contributed by atoms with van der Waals surface area (Å²) < 4.78 is 42.9. The number of carbonyl (C=O) groups is 1. The van der Waals surface area contributed by atoms with Gasteiger partial charge in [0.05, 0.1) is 24.4 Å². The van der Waals surface area contributed by atoms with Gasteiger partial charge in [0.1, 0.15) is 5.01 Å². The van der Waals surface area contributed by atoms with E-state index < -0.39 is 11.7 Å². The first-order valence-corrected chi connectivity index (χ1v) is 9.10. The molecule has 0 aliphatic rings. The fourth-order valence-electron chi connectivity index (χ4n) is 2.32. The van der Waals surface area contributed by atoms with Gasteiger partial charge in [-0.25, -0.2) is 4.98 Å². The highest BCUT2D eigenvalue weighted by Gasteiger charge is 2.30. The fraction of sp³-hybridized carbons (Fsp3) is 0.444. The molecule has 0 amide bonds. The lowest BCUT2D eigenvalue weighted by molar-refractivity contribution is -0.145. The molecular formula is C18H21F3N2O2S. The van der Waals surface area contributed by atoms with Crippen molar-refractivity contribution in [2.45, 2.75) is 39.5 Å². The summed E-state index contributed by atoms with van der Waals surface area (Å²) in [4.78, 5) is 18.1. The van der Waals surface area contributed by atoms with E-state index in [4.69, 9.17) is 4.74 Å². The summed E-state index contributed by atoms with van der Waals surface area (Å²) in [7, 11) is 0. The maximum Gasteiger partial charge on any atom is 0.416 e. The molecule has 4 nitrogen and oxygen atoms in total. The number of nitrogens with zero attached hydrogens (tertiary/aromatic N) is 2. The van der Waals surface area contributed by atoms with Crippen molar-refractivity contribution in [2.75, 3.05) is 13.2 Å². The topological polar surface area (TPSA) is 42.4 Å². The highest BCUT2D eigenvalue weighted by Crippen LogP contribution is 2.31. The van der Waals surface area contributed by atoms with Gasteiger partial charge < -0.3 is 4.74 Å². The number of halogens is 3. The second-order valence-electron chi connectivity index (χ2n) is 6.02. The number of ether oxygens (including phenoxy) is 1. The summed E-state index contributed by atoms with van der Waals surface area (Å²) in [5, 5.41) is 2.50. The number of hydrogen-bond donors (Lipinski definition) is 0. The molecule has 0 saturated carbocycles. The molecule has 2 aromatic rings. The molecule has 2 rings (SSSR count). The lowest BCUT2D eigenvalue weighted by atomic mass is 10.1. The molecule has 0 N–H and O–H groups in total. The number of rotatable bonds is 7. The minimum atomic E-state index is -4.35. The Balaban J connectivity index is 2.09. The summed E-state index contributed by atoms with van der Waals surface area (Å²) in [6.07, 6.45) is -4.35. The van der Waals surface area contributed by atoms with Gasteiger partial charge >= 0.3 is 12.1 Å². The fourth-order valence-corrected chi connectivity index (χ4v) is 3.13. The Labute approximate surface area is 154 Å². The van der Waals surface area contributed by atoms with Gasteiger partial charge in [0.25, 0.3) is 0 Å². The predicted octanol–water partition coefficient (Wildman–Crippen LogP) is 4.60. The van der Waals surface area contributed by atoms with E-state index in [1.54, 1.807) is 6.92 Å². The summed E-state index contributed by atoms with van der Waals surface area (Å²) in [5.74, 6) is -0.292. The first kappa shape index (κ1) is 20.4. The van der Waals surface area contributed by atoms with Gasteiger partial charge in [-0.2, -0.15) is 13.2 Å². The Morgan fingerprint density at radius 1 is 1.27 bits per heavy atom. The van der Waals surface area contributed by atoms with Gasteiger partial charge in [0, 0.05) is 23.5 Å². The second kappa shape index (κ2) is 8.64. The Bertz CT molecular complexity index is 727. The first-order valence-electron chi connectivity index (χ1n) is 8.22. The van der Waals surface area contributed by atoms with Gasteiger partial charge in [-0.15, -0.1) is 11.3 Å². The minimum absolute atomic E-state index is 0.121. The molecular weight excluding hydrogens is 365 g/mol. The summed E-state index contributed by atoms with van der Waals surface area (Å²) in [5.41, 5.74) is 0.720. The number of aromatic nitrogens is 1. The van der Waals surface area contributed by atoms with Gasteiger partial charge in [-0.3, -0.25) is 9.69 Å². The maximum absolute atomic E-state index is 12.6. The zero-order valence-electron chi connectivity index (χ0n) is 14.8. The van der Waals surface area contributed by atoms with Gasteiger partial charge in [0.15, 0.2) is 0 Å². The zero-order valence-corrected chi connectivity index (χ0v) is 15.7. The van der Waals surface area contributed by atoms with E-state index >= 15 is 0 Å².